The molecule has 166 valence electrons. The van der Waals surface area contributed by atoms with Gasteiger partial charge in [0.15, 0.2) is 0 Å². The van der Waals surface area contributed by atoms with Gasteiger partial charge >= 0.3 is 0 Å². The summed E-state index contributed by atoms with van der Waals surface area (Å²) in [5.41, 5.74) is 0.613. The Kier molecular flexibility index (Phi) is 6.10. The number of likely N-dealkylation sites (tertiary alicyclic amines) is 1. The van der Waals surface area contributed by atoms with E-state index >= 15 is 0 Å². The van der Waals surface area contributed by atoms with Crippen LogP contribution in [0.1, 0.15) is 54.1 Å². The van der Waals surface area contributed by atoms with E-state index in [9.17, 15) is 9.90 Å². The summed E-state index contributed by atoms with van der Waals surface area (Å²) in [4.78, 5) is 15.7. The predicted octanol–water partition coefficient (Wildman–Crippen LogP) is 4.22. The number of hydrogen-bond donors (Lipinski definition) is 1. The molecule has 1 aliphatic carbocycles. The summed E-state index contributed by atoms with van der Waals surface area (Å²) in [7, 11) is 4.83. The lowest BCUT2D eigenvalue weighted by Crippen LogP contribution is -2.56. The molecule has 0 aromatic heterocycles. The minimum atomic E-state index is -0.783. The number of benzene rings is 2. The van der Waals surface area contributed by atoms with E-state index in [2.05, 4.69) is 0 Å². The number of aliphatic hydroxyl groups is 1. The molecule has 1 saturated carbocycles. The number of piperidine rings is 1. The first-order valence-electron chi connectivity index (χ1n) is 10.9. The van der Waals surface area contributed by atoms with Crippen LogP contribution in [0.3, 0.4) is 0 Å². The predicted molar refractivity (Wildman–Crippen MR) is 118 cm³/mol. The zero-order valence-corrected chi connectivity index (χ0v) is 18.5. The lowest BCUT2D eigenvalue weighted by molar-refractivity contribution is -0.115. The summed E-state index contributed by atoms with van der Waals surface area (Å²) in [6, 6.07) is 12.6. The molecule has 1 heterocycles. The lowest BCUT2D eigenvalue weighted by atomic mass is 9.66. The standard InChI is InChI=1S/C25H31NO5/c1-29-17-11-12-22(31-3)19(16-17)23-20-9-6-7-13-25(20,28)14-15-26(23)24(27)18-8-4-5-10-21(18)30-2/h4-5,8,10-12,16,20,23,28H,6-7,9,13-15H2,1-3H3/t20-,23-,25-/m1/s1. The van der Waals surface area contributed by atoms with Gasteiger partial charge in [0.1, 0.15) is 17.2 Å². The fourth-order valence-corrected chi connectivity index (χ4v) is 5.34. The molecule has 1 saturated heterocycles. The van der Waals surface area contributed by atoms with Crippen molar-refractivity contribution in [2.45, 2.75) is 43.7 Å². The van der Waals surface area contributed by atoms with E-state index in [0.29, 0.717) is 35.8 Å². The van der Waals surface area contributed by atoms with E-state index in [1.165, 1.54) is 0 Å². The van der Waals surface area contributed by atoms with E-state index in [0.717, 1.165) is 31.2 Å². The molecule has 2 aromatic rings. The fourth-order valence-electron chi connectivity index (χ4n) is 5.34. The Morgan fingerprint density at radius 1 is 1.00 bits per heavy atom. The van der Waals surface area contributed by atoms with Crippen LogP contribution in [-0.4, -0.2) is 49.4 Å². The molecule has 4 rings (SSSR count). The molecule has 2 fully saturated rings. The molecule has 0 radical (unpaired) electrons. The first kappa shape index (κ1) is 21.5. The number of hydrogen-bond acceptors (Lipinski definition) is 5. The van der Waals surface area contributed by atoms with E-state index in [-0.39, 0.29) is 17.9 Å². The highest BCUT2D eigenvalue weighted by Gasteiger charge is 2.51. The first-order valence-corrected chi connectivity index (χ1v) is 10.9. The van der Waals surface area contributed by atoms with Crippen LogP contribution in [0.4, 0.5) is 0 Å². The Hall–Kier alpha value is -2.73. The highest BCUT2D eigenvalue weighted by Crippen LogP contribution is 2.51. The van der Waals surface area contributed by atoms with Gasteiger partial charge in [0.25, 0.3) is 5.91 Å². The van der Waals surface area contributed by atoms with Crippen LogP contribution in [0.5, 0.6) is 17.2 Å². The van der Waals surface area contributed by atoms with Gasteiger partial charge in [0.2, 0.25) is 0 Å². The largest absolute Gasteiger partial charge is 0.497 e. The second kappa shape index (κ2) is 8.79. The van der Waals surface area contributed by atoms with Crippen LogP contribution in [0.15, 0.2) is 42.5 Å². The summed E-state index contributed by atoms with van der Waals surface area (Å²) in [6.07, 6.45) is 4.23. The maximum Gasteiger partial charge on any atom is 0.258 e. The summed E-state index contributed by atoms with van der Waals surface area (Å²) in [6.45, 7) is 0.467. The maximum absolute atomic E-state index is 13.8. The number of carbonyl (C=O) groups excluding carboxylic acids is 1. The molecular weight excluding hydrogens is 394 g/mol. The van der Waals surface area contributed by atoms with E-state index in [1.54, 1.807) is 33.5 Å². The molecule has 1 aliphatic heterocycles. The van der Waals surface area contributed by atoms with Crippen LogP contribution in [0, 0.1) is 5.92 Å². The Morgan fingerprint density at radius 2 is 1.77 bits per heavy atom. The zero-order valence-electron chi connectivity index (χ0n) is 18.5. The maximum atomic E-state index is 13.8. The van der Waals surface area contributed by atoms with E-state index in [1.807, 2.05) is 35.2 Å². The number of para-hydroxylation sites is 1. The van der Waals surface area contributed by atoms with Crippen molar-refractivity contribution >= 4 is 5.91 Å². The number of ether oxygens (including phenoxy) is 3. The van der Waals surface area contributed by atoms with Gasteiger partial charge in [0, 0.05) is 18.0 Å². The first-order chi connectivity index (χ1) is 15.0. The van der Waals surface area contributed by atoms with Crippen molar-refractivity contribution in [2.24, 2.45) is 5.92 Å². The van der Waals surface area contributed by atoms with Gasteiger partial charge in [-0.05, 0) is 49.6 Å². The number of carbonyl (C=O) groups is 1. The quantitative estimate of drug-likeness (QED) is 0.777. The molecule has 2 aromatic carbocycles. The number of nitrogens with zero attached hydrogens (tertiary/aromatic N) is 1. The van der Waals surface area contributed by atoms with E-state index < -0.39 is 5.60 Å². The van der Waals surface area contributed by atoms with Crippen molar-refractivity contribution < 1.29 is 24.1 Å². The third kappa shape index (κ3) is 3.85. The second-order valence-electron chi connectivity index (χ2n) is 8.46. The summed E-state index contributed by atoms with van der Waals surface area (Å²) < 4.78 is 16.6. The Labute approximate surface area is 183 Å². The minimum absolute atomic E-state index is 0.0744. The monoisotopic (exact) mass is 425 g/mol. The average Bonchev–Trinajstić information content (AvgIpc) is 2.82. The number of rotatable bonds is 5. The van der Waals surface area contributed by atoms with Gasteiger partial charge in [-0.25, -0.2) is 0 Å². The molecule has 3 atom stereocenters. The van der Waals surface area contributed by atoms with Crippen LogP contribution in [0.2, 0.25) is 0 Å². The van der Waals surface area contributed by atoms with Gasteiger partial charge in [-0.3, -0.25) is 4.79 Å². The molecule has 1 amide bonds. The smallest absolute Gasteiger partial charge is 0.258 e. The van der Waals surface area contributed by atoms with Crippen LogP contribution < -0.4 is 14.2 Å². The van der Waals surface area contributed by atoms with Crippen LogP contribution in [-0.2, 0) is 0 Å². The molecule has 0 bridgehead atoms. The fraction of sp³-hybridized carbons (Fsp3) is 0.480. The third-order valence-corrected chi connectivity index (χ3v) is 6.92. The summed E-state index contributed by atoms with van der Waals surface area (Å²) >= 11 is 0. The van der Waals surface area contributed by atoms with E-state index in [4.69, 9.17) is 14.2 Å². The molecule has 6 nitrogen and oxygen atoms in total. The molecule has 6 heteroatoms. The van der Waals surface area contributed by atoms with Crippen molar-refractivity contribution in [3.63, 3.8) is 0 Å². The van der Waals surface area contributed by atoms with Crippen molar-refractivity contribution in [3.8, 4) is 17.2 Å². The number of methoxy groups -OCH3 is 3. The molecule has 2 aliphatic rings. The van der Waals surface area contributed by atoms with Crippen molar-refractivity contribution in [3.05, 3.63) is 53.6 Å². The Balaban J connectivity index is 1.84. The highest BCUT2D eigenvalue weighted by atomic mass is 16.5. The molecule has 31 heavy (non-hydrogen) atoms. The summed E-state index contributed by atoms with van der Waals surface area (Å²) in [5, 5.41) is 11.5. The third-order valence-electron chi connectivity index (χ3n) is 6.92. The van der Waals surface area contributed by atoms with Crippen molar-refractivity contribution in [2.75, 3.05) is 27.9 Å². The SMILES string of the molecule is COc1ccc(OC)c([C@@H]2[C@H]3CCCC[C@@]3(O)CCN2C(=O)c2ccccc2OC)c1. The van der Waals surface area contributed by atoms with Gasteiger partial charge in [-0.15, -0.1) is 0 Å². The van der Waals surface area contributed by atoms with Crippen molar-refractivity contribution in [1.82, 2.24) is 4.90 Å². The molecule has 0 unspecified atom stereocenters. The topological polar surface area (TPSA) is 68.2 Å². The highest BCUT2D eigenvalue weighted by molar-refractivity contribution is 5.97. The van der Waals surface area contributed by atoms with Crippen LogP contribution >= 0.6 is 0 Å². The normalized spacial score (nSPS) is 25.5. The molecular formula is C25H31NO5. The van der Waals surface area contributed by atoms with Gasteiger partial charge < -0.3 is 24.2 Å². The number of fused-ring (bicyclic) bond motifs is 1. The minimum Gasteiger partial charge on any atom is -0.497 e. The van der Waals surface area contributed by atoms with Crippen LogP contribution in [0.25, 0.3) is 0 Å². The zero-order chi connectivity index (χ0) is 22.0. The lowest BCUT2D eigenvalue weighted by Gasteiger charge is -2.52. The summed E-state index contributed by atoms with van der Waals surface area (Å²) in [5.74, 6) is 1.77. The molecule has 1 N–H and O–H groups in total. The average molecular weight is 426 g/mol. The van der Waals surface area contributed by atoms with Gasteiger partial charge in [-0.1, -0.05) is 25.0 Å². The van der Waals surface area contributed by atoms with Crippen molar-refractivity contribution in [1.29, 1.82) is 0 Å². The van der Waals surface area contributed by atoms with Gasteiger partial charge in [-0.2, -0.15) is 0 Å². The Bertz CT molecular complexity index is 945. The Morgan fingerprint density at radius 3 is 2.52 bits per heavy atom. The van der Waals surface area contributed by atoms with Gasteiger partial charge in [0.05, 0.1) is 38.5 Å². The molecule has 0 spiro atoms. The second-order valence-corrected chi connectivity index (χ2v) is 8.46. The number of amides is 1.